The van der Waals surface area contributed by atoms with Crippen molar-refractivity contribution in [3.8, 4) is 5.75 Å². The summed E-state index contributed by atoms with van der Waals surface area (Å²) in [7, 11) is 0. The fourth-order valence-electron chi connectivity index (χ4n) is 4.12. The lowest BCUT2D eigenvalue weighted by Gasteiger charge is -2.42. The normalized spacial score (nSPS) is 26.7. The Bertz CT molecular complexity index is 726. The monoisotopic (exact) mass is 357 g/mol. The molecule has 4 N–H and O–H groups in total. The highest BCUT2D eigenvalue weighted by molar-refractivity contribution is 6.00. The van der Waals surface area contributed by atoms with E-state index in [1.54, 1.807) is 24.3 Å². The minimum absolute atomic E-state index is 0.0794. The van der Waals surface area contributed by atoms with Gasteiger partial charge in [-0.15, -0.1) is 0 Å². The number of hydrogen-bond acceptors (Lipinski definition) is 4. The summed E-state index contributed by atoms with van der Waals surface area (Å²) < 4.78 is 0. The van der Waals surface area contributed by atoms with Gasteiger partial charge in [0.1, 0.15) is 5.75 Å². The zero-order valence-electron chi connectivity index (χ0n) is 15.5. The van der Waals surface area contributed by atoms with E-state index in [0.29, 0.717) is 5.57 Å². The van der Waals surface area contributed by atoms with Crippen molar-refractivity contribution in [2.24, 2.45) is 5.92 Å². The smallest absolute Gasteiger partial charge is 0.247 e. The van der Waals surface area contributed by atoms with Gasteiger partial charge in [0.2, 0.25) is 11.8 Å². The number of hydrogen-bond donors (Lipinski definition) is 4. The van der Waals surface area contributed by atoms with Crippen LogP contribution in [-0.2, 0) is 9.59 Å². The number of phenols is 1. The maximum absolute atomic E-state index is 12.5. The first-order valence-electron chi connectivity index (χ1n) is 9.19. The summed E-state index contributed by atoms with van der Waals surface area (Å²) in [4.78, 5) is 25.0. The van der Waals surface area contributed by atoms with E-state index in [-0.39, 0.29) is 48.0 Å². The lowest BCUT2D eigenvalue weighted by molar-refractivity contribution is -0.124. The fraction of sp³-hybridized carbons (Fsp3) is 0.500. The largest absolute Gasteiger partial charge is 0.508 e. The van der Waals surface area contributed by atoms with E-state index < -0.39 is 0 Å². The van der Waals surface area contributed by atoms with Gasteiger partial charge in [0.25, 0.3) is 0 Å². The lowest BCUT2D eigenvalue weighted by Crippen LogP contribution is -2.57. The molecule has 4 atom stereocenters. The molecule has 0 bridgehead atoms. The van der Waals surface area contributed by atoms with Crippen molar-refractivity contribution in [3.05, 3.63) is 41.0 Å². The van der Waals surface area contributed by atoms with E-state index in [9.17, 15) is 14.7 Å². The number of rotatable bonds is 4. The SMILES string of the molecule is CC1=C(CC(=O)N[C@H](C)c2ccc(O)cc2)C(=O)NC2CCNC(C)C12. The third-order valence-electron chi connectivity index (χ3n) is 5.57. The van der Waals surface area contributed by atoms with Crippen LogP contribution in [0, 0.1) is 5.92 Å². The van der Waals surface area contributed by atoms with Crippen LogP contribution >= 0.6 is 0 Å². The van der Waals surface area contributed by atoms with Crippen LogP contribution in [-0.4, -0.2) is 35.5 Å². The van der Waals surface area contributed by atoms with E-state index in [0.717, 1.165) is 24.1 Å². The molecule has 0 aliphatic carbocycles. The molecule has 2 amide bonds. The van der Waals surface area contributed by atoms with Crippen molar-refractivity contribution in [1.29, 1.82) is 0 Å². The maximum atomic E-state index is 12.5. The number of piperidine rings is 1. The molecule has 1 fully saturated rings. The van der Waals surface area contributed by atoms with Crippen LogP contribution in [0.15, 0.2) is 35.4 Å². The van der Waals surface area contributed by atoms with Crippen LogP contribution in [0.5, 0.6) is 5.75 Å². The summed E-state index contributed by atoms with van der Waals surface area (Å²) in [6, 6.07) is 6.98. The number of benzene rings is 1. The highest BCUT2D eigenvalue weighted by Crippen LogP contribution is 2.32. The molecule has 3 unspecified atom stereocenters. The molecule has 1 saturated heterocycles. The highest BCUT2D eigenvalue weighted by atomic mass is 16.3. The number of carbonyl (C=O) groups excluding carboxylic acids is 2. The van der Waals surface area contributed by atoms with E-state index in [4.69, 9.17) is 0 Å². The van der Waals surface area contributed by atoms with Gasteiger partial charge in [-0.3, -0.25) is 9.59 Å². The van der Waals surface area contributed by atoms with Crippen LogP contribution in [0.3, 0.4) is 0 Å². The summed E-state index contributed by atoms with van der Waals surface area (Å²) in [5.74, 6) is 0.130. The molecular weight excluding hydrogens is 330 g/mol. The minimum Gasteiger partial charge on any atom is -0.508 e. The molecular formula is C20H27N3O3. The zero-order chi connectivity index (χ0) is 18.8. The van der Waals surface area contributed by atoms with Gasteiger partial charge in [0, 0.05) is 23.6 Å². The van der Waals surface area contributed by atoms with Crippen LogP contribution in [0.4, 0.5) is 0 Å². The maximum Gasteiger partial charge on any atom is 0.247 e. The standard InChI is InChI=1S/C20H27N3O3/c1-11-16(20(26)23-17-8-9-21-13(3)19(11)17)10-18(25)22-12(2)14-4-6-15(24)7-5-14/h4-7,12-13,17,19,21,24H,8-10H2,1-3H3,(H,22,25)(H,23,26)/t12-,13?,17?,19?/m1/s1. The van der Waals surface area contributed by atoms with Crippen LogP contribution < -0.4 is 16.0 Å². The molecule has 6 nitrogen and oxygen atoms in total. The van der Waals surface area contributed by atoms with Crippen molar-refractivity contribution in [2.75, 3.05) is 6.54 Å². The Morgan fingerprint density at radius 3 is 2.73 bits per heavy atom. The van der Waals surface area contributed by atoms with Crippen molar-refractivity contribution in [1.82, 2.24) is 16.0 Å². The average Bonchev–Trinajstić information content (AvgIpc) is 2.59. The molecule has 2 aliphatic rings. The molecule has 1 aromatic rings. The van der Waals surface area contributed by atoms with Gasteiger partial charge < -0.3 is 21.1 Å². The van der Waals surface area contributed by atoms with Gasteiger partial charge in [0.05, 0.1) is 12.5 Å². The molecule has 0 radical (unpaired) electrons. The zero-order valence-corrected chi connectivity index (χ0v) is 15.5. The summed E-state index contributed by atoms with van der Waals surface area (Å²) in [5.41, 5.74) is 2.50. The van der Waals surface area contributed by atoms with Gasteiger partial charge >= 0.3 is 0 Å². The molecule has 26 heavy (non-hydrogen) atoms. The van der Waals surface area contributed by atoms with E-state index in [1.807, 2.05) is 13.8 Å². The first-order valence-corrected chi connectivity index (χ1v) is 9.19. The summed E-state index contributed by atoms with van der Waals surface area (Å²) in [6.07, 6.45) is 0.992. The second kappa shape index (κ2) is 7.50. The Morgan fingerprint density at radius 2 is 2.04 bits per heavy atom. The fourth-order valence-corrected chi connectivity index (χ4v) is 4.12. The summed E-state index contributed by atoms with van der Waals surface area (Å²) in [6.45, 7) is 6.89. The van der Waals surface area contributed by atoms with Gasteiger partial charge in [-0.25, -0.2) is 0 Å². The number of aromatic hydroxyl groups is 1. The summed E-state index contributed by atoms with van der Waals surface area (Å²) >= 11 is 0. The Balaban J connectivity index is 1.70. The Labute approximate surface area is 154 Å². The number of carbonyl (C=O) groups is 2. The molecule has 0 aromatic heterocycles. The lowest BCUT2D eigenvalue weighted by atomic mass is 9.76. The van der Waals surface area contributed by atoms with Crippen LogP contribution in [0.2, 0.25) is 0 Å². The van der Waals surface area contributed by atoms with Gasteiger partial charge in [-0.1, -0.05) is 17.7 Å². The predicted molar refractivity (Wildman–Crippen MR) is 99.5 cm³/mol. The quantitative estimate of drug-likeness (QED) is 0.661. The molecule has 140 valence electrons. The molecule has 1 aromatic carbocycles. The highest BCUT2D eigenvalue weighted by Gasteiger charge is 2.39. The molecule has 6 heteroatoms. The molecule has 0 saturated carbocycles. The Hall–Kier alpha value is -2.34. The van der Waals surface area contributed by atoms with Crippen molar-refractivity contribution in [3.63, 3.8) is 0 Å². The average molecular weight is 357 g/mol. The third kappa shape index (κ3) is 3.75. The van der Waals surface area contributed by atoms with E-state index >= 15 is 0 Å². The first kappa shape index (κ1) is 18.5. The van der Waals surface area contributed by atoms with Gasteiger partial charge in [0.15, 0.2) is 0 Å². The third-order valence-corrected chi connectivity index (χ3v) is 5.57. The van der Waals surface area contributed by atoms with Gasteiger partial charge in [-0.05, 0) is 51.4 Å². The van der Waals surface area contributed by atoms with Crippen LogP contribution in [0.25, 0.3) is 0 Å². The minimum atomic E-state index is -0.196. The second-order valence-electron chi connectivity index (χ2n) is 7.36. The predicted octanol–water partition coefficient (Wildman–Crippen LogP) is 1.77. The molecule has 2 aliphatic heterocycles. The molecule has 3 rings (SSSR count). The number of amides is 2. The number of phenolic OH excluding ortho intramolecular Hbond substituents is 1. The van der Waals surface area contributed by atoms with E-state index in [2.05, 4.69) is 22.9 Å². The van der Waals surface area contributed by atoms with Gasteiger partial charge in [-0.2, -0.15) is 0 Å². The molecule has 2 heterocycles. The van der Waals surface area contributed by atoms with Crippen molar-refractivity contribution >= 4 is 11.8 Å². The first-order chi connectivity index (χ1) is 12.4. The van der Waals surface area contributed by atoms with Crippen LogP contribution in [0.1, 0.15) is 45.2 Å². The van der Waals surface area contributed by atoms with Crippen molar-refractivity contribution in [2.45, 2.75) is 51.7 Å². The van der Waals surface area contributed by atoms with E-state index in [1.165, 1.54) is 0 Å². The second-order valence-corrected chi connectivity index (χ2v) is 7.36. The molecule has 0 spiro atoms. The number of fused-ring (bicyclic) bond motifs is 1. The Morgan fingerprint density at radius 1 is 1.35 bits per heavy atom. The number of nitrogens with one attached hydrogen (secondary N) is 3. The topological polar surface area (TPSA) is 90.5 Å². The van der Waals surface area contributed by atoms with Crippen molar-refractivity contribution < 1.29 is 14.7 Å². The Kier molecular flexibility index (Phi) is 5.32. The summed E-state index contributed by atoms with van der Waals surface area (Å²) in [5, 5.41) is 18.8.